The number of aliphatic hydroxyl groups is 1. The van der Waals surface area contributed by atoms with Gasteiger partial charge in [-0.2, -0.15) is 0 Å². The SMILES string of the molecule is COc1ccccc1N1CCN(C[C@H]2C(=O)O[C@@H]3C[C@@]4(C)CCC[C@@](C)(OC)[C@@]4(O)C[C@@H]32)CC1. The summed E-state index contributed by atoms with van der Waals surface area (Å²) in [6.07, 6.45) is 3.99. The number of carbonyl (C=O) groups is 1. The van der Waals surface area contributed by atoms with Gasteiger partial charge in [-0.25, -0.2) is 0 Å². The minimum absolute atomic E-state index is 0.0328. The van der Waals surface area contributed by atoms with E-state index < -0.39 is 11.2 Å². The molecule has 2 aliphatic carbocycles. The van der Waals surface area contributed by atoms with Crippen molar-refractivity contribution in [1.82, 2.24) is 4.90 Å². The highest BCUT2D eigenvalue weighted by Crippen LogP contribution is 2.61. The molecule has 5 rings (SSSR count). The Kier molecular flexibility index (Phi) is 6.10. The first-order chi connectivity index (χ1) is 16.2. The lowest BCUT2D eigenvalue weighted by atomic mass is 9.49. The van der Waals surface area contributed by atoms with Crippen molar-refractivity contribution in [3.8, 4) is 5.75 Å². The van der Waals surface area contributed by atoms with Crippen molar-refractivity contribution in [2.45, 2.75) is 63.3 Å². The minimum atomic E-state index is -0.955. The number of fused-ring (bicyclic) bond motifs is 2. The summed E-state index contributed by atoms with van der Waals surface area (Å²) in [4.78, 5) is 17.8. The van der Waals surface area contributed by atoms with Gasteiger partial charge >= 0.3 is 5.97 Å². The van der Waals surface area contributed by atoms with Gasteiger partial charge in [-0.1, -0.05) is 19.1 Å². The van der Waals surface area contributed by atoms with E-state index in [4.69, 9.17) is 14.2 Å². The molecule has 1 N–H and O–H groups in total. The number of nitrogens with zero attached hydrogens (tertiary/aromatic N) is 2. The molecule has 4 aliphatic rings. The fourth-order valence-electron chi connectivity index (χ4n) is 7.43. The van der Waals surface area contributed by atoms with Crippen LogP contribution in [0.2, 0.25) is 0 Å². The van der Waals surface area contributed by atoms with Crippen molar-refractivity contribution in [3.63, 3.8) is 0 Å². The molecule has 188 valence electrons. The second-order valence-electron chi connectivity index (χ2n) is 11.3. The molecule has 0 spiro atoms. The molecule has 2 saturated heterocycles. The van der Waals surface area contributed by atoms with E-state index in [0.29, 0.717) is 13.0 Å². The molecule has 1 aromatic carbocycles. The molecule has 34 heavy (non-hydrogen) atoms. The largest absolute Gasteiger partial charge is 0.495 e. The summed E-state index contributed by atoms with van der Waals surface area (Å²) in [5.41, 5.74) is -0.730. The number of esters is 1. The summed E-state index contributed by atoms with van der Waals surface area (Å²) in [5.74, 6) is 0.641. The van der Waals surface area contributed by atoms with Crippen LogP contribution >= 0.6 is 0 Å². The van der Waals surface area contributed by atoms with Gasteiger partial charge in [-0.15, -0.1) is 0 Å². The van der Waals surface area contributed by atoms with Gasteiger partial charge in [0.15, 0.2) is 0 Å². The maximum atomic E-state index is 13.0. The van der Waals surface area contributed by atoms with Gasteiger partial charge in [0.1, 0.15) is 11.9 Å². The first kappa shape index (κ1) is 23.9. The lowest BCUT2D eigenvalue weighted by molar-refractivity contribution is -0.270. The third kappa shape index (κ3) is 3.62. The highest BCUT2D eigenvalue weighted by molar-refractivity contribution is 5.75. The zero-order chi connectivity index (χ0) is 24.1. The van der Waals surface area contributed by atoms with Crippen molar-refractivity contribution in [1.29, 1.82) is 0 Å². The Balaban J connectivity index is 1.28. The van der Waals surface area contributed by atoms with Crippen LogP contribution in [0.25, 0.3) is 0 Å². The van der Waals surface area contributed by atoms with E-state index in [1.807, 2.05) is 18.2 Å². The van der Waals surface area contributed by atoms with Crippen LogP contribution in [0.1, 0.15) is 46.0 Å². The number of piperazine rings is 1. The van der Waals surface area contributed by atoms with Crippen LogP contribution in [0.15, 0.2) is 24.3 Å². The van der Waals surface area contributed by atoms with Gasteiger partial charge in [0.2, 0.25) is 0 Å². The molecule has 0 radical (unpaired) electrons. The number of benzene rings is 1. The third-order valence-electron chi connectivity index (χ3n) is 9.71. The molecule has 1 aromatic rings. The van der Waals surface area contributed by atoms with Crippen molar-refractivity contribution in [2.24, 2.45) is 17.3 Å². The van der Waals surface area contributed by atoms with Crippen LogP contribution in [0.5, 0.6) is 5.75 Å². The number of rotatable bonds is 5. The number of carbonyl (C=O) groups excluding carboxylic acids is 1. The first-order valence-electron chi connectivity index (χ1n) is 12.8. The van der Waals surface area contributed by atoms with Crippen molar-refractivity contribution in [3.05, 3.63) is 24.3 Å². The first-order valence-corrected chi connectivity index (χ1v) is 12.8. The molecule has 2 heterocycles. The van der Waals surface area contributed by atoms with E-state index in [1.54, 1.807) is 14.2 Å². The van der Waals surface area contributed by atoms with Gasteiger partial charge in [0, 0.05) is 51.2 Å². The monoisotopic (exact) mass is 472 g/mol. The molecule has 4 fully saturated rings. The molecule has 7 nitrogen and oxygen atoms in total. The topological polar surface area (TPSA) is 71.5 Å². The van der Waals surface area contributed by atoms with Crippen LogP contribution in [0, 0.1) is 17.3 Å². The molecular weight excluding hydrogens is 432 g/mol. The van der Waals surface area contributed by atoms with Gasteiger partial charge in [0.25, 0.3) is 0 Å². The van der Waals surface area contributed by atoms with Gasteiger partial charge < -0.3 is 24.2 Å². The van der Waals surface area contributed by atoms with E-state index in [1.165, 1.54) is 0 Å². The molecule has 6 atom stereocenters. The van der Waals surface area contributed by atoms with E-state index in [2.05, 4.69) is 29.7 Å². The zero-order valence-electron chi connectivity index (χ0n) is 21.1. The molecular formula is C27H40N2O5. The summed E-state index contributed by atoms with van der Waals surface area (Å²) in [6.45, 7) is 8.45. The summed E-state index contributed by atoms with van der Waals surface area (Å²) < 4.78 is 17.4. The maximum absolute atomic E-state index is 13.0. The van der Waals surface area contributed by atoms with Crippen LogP contribution in [-0.4, -0.2) is 80.2 Å². The Labute approximate surface area is 203 Å². The number of hydrogen-bond acceptors (Lipinski definition) is 7. The smallest absolute Gasteiger partial charge is 0.310 e. The standard InChI is InChI=1S/C27H40N2O5/c1-25-10-7-11-26(2,33-4)27(25,31)16-19-20(24(30)34-23(19)17-25)18-28-12-14-29(15-13-28)21-8-5-6-9-22(21)32-3/h5-6,8-9,19-20,23,31H,7,10-18H2,1-4H3/t19-,20-,23-,25-,26-,27-/m1/s1. The predicted molar refractivity (Wildman–Crippen MR) is 130 cm³/mol. The Bertz CT molecular complexity index is 918. The molecule has 0 aromatic heterocycles. The summed E-state index contributed by atoms with van der Waals surface area (Å²) in [5, 5.41) is 12.1. The van der Waals surface area contributed by atoms with E-state index >= 15 is 0 Å². The van der Waals surface area contributed by atoms with Crippen LogP contribution in [0.3, 0.4) is 0 Å². The highest BCUT2D eigenvalue weighted by atomic mass is 16.6. The summed E-state index contributed by atoms with van der Waals surface area (Å²) >= 11 is 0. The Morgan fingerprint density at radius 1 is 1.09 bits per heavy atom. The lowest BCUT2D eigenvalue weighted by Crippen LogP contribution is -2.69. The molecule has 0 bridgehead atoms. The average Bonchev–Trinajstić information content (AvgIpc) is 3.12. The zero-order valence-corrected chi connectivity index (χ0v) is 21.1. The average molecular weight is 473 g/mol. The number of methoxy groups -OCH3 is 2. The van der Waals surface area contributed by atoms with Crippen molar-refractivity contribution in [2.75, 3.05) is 51.8 Å². The van der Waals surface area contributed by atoms with E-state index in [0.717, 1.165) is 63.3 Å². The molecule has 0 unspecified atom stereocenters. The third-order valence-corrected chi connectivity index (χ3v) is 9.71. The highest BCUT2D eigenvalue weighted by Gasteiger charge is 2.67. The number of para-hydroxylation sites is 2. The second-order valence-corrected chi connectivity index (χ2v) is 11.3. The number of anilines is 1. The quantitative estimate of drug-likeness (QED) is 0.661. The van der Waals surface area contributed by atoms with E-state index in [-0.39, 0.29) is 29.3 Å². The predicted octanol–water partition coefficient (Wildman–Crippen LogP) is 3.10. The molecule has 2 saturated carbocycles. The number of ether oxygens (including phenoxy) is 3. The van der Waals surface area contributed by atoms with Crippen LogP contribution in [0.4, 0.5) is 5.69 Å². The van der Waals surface area contributed by atoms with Crippen LogP contribution < -0.4 is 9.64 Å². The fraction of sp³-hybridized carbons (Fsp3) is 0.741. The van der Waals surface area contributed by atoms with Crippen molar-refractivity contribution < 1.29 is 24.1 Å². The molecule has 2 aliphatic heterocycles. The minimum Gasteiger partial charge on any atom is -0.495 e. The lowest BCUT2D eigenvalue weighted by Gasteiger charge is -2.62. The second kappa shape index (κ2) is 8.68. The Morgan fingerprint density at radius 2 is 1.82 bits per heavy atom. The fourth-order valence-corrected chi connectivity index (χ4v) is 7.43. The summed E-state index contributed by atoms with van der Waals surface area (Å²) in [7, 11) is 3.42. The van der Waals surface area contributed by atoms with Gasteiger partial charge in [0.05, 0.1) is 29.9 Å². The Hall–Kier alpha value is -1.83. The van der Waals surface area contributed by atoms with Crippen molar-refractivity contribution >= 4 is 11.7 Å². The molecule has 7 heteroatoms. The van der Waals surface area contributed by atoms with Gasteiger partial charge in [-0.3, -0.25) is 9.69 Å². The van der Waals surface area contributed by atoms with Crippen LogP contribution in [-0.2, 0) is 14.3 Å². The van der Waals surface area contributed by atoms with Gasteiger partial charge in [-0.05, 0) is 51.2 Å². The number of hydrogen-bond donors (Lipinski definition) is 1. The van der Waals surface area contributed by atoms with E-state index in [9.17, 15) is 9.90 Å². The normalized spacial score (nSPS) is 40.4. The molecule has 0 amide bonds. The summed E-state index contributed by atoms with van der Waals surface area (Å²) in [6, 6.07) is 8.13. The Morgan fingerprint density at radius 3 is 2.53 bits per heavy atom. The maximum Gasteiger partial charge on any atom is 0.310 e.